The molecule has 0 aliphatic carbocycles. The van der Waals surface area contributed by atoms with E-state index in [4.69, 9.17) is 22.3 Å². The lowest BCUT2D eigenvalue weighted by Gasteiger charge is -2.22. The van der Waals surface area contributed by atoms with Crippen molar-refractivity contribution < 1.29 is 33.9 Å². The Bertz CT molecular complexity index is 607. The summed E-state index contributed by atoms with van der Waals surface area (Å²) in [6, 6.07) is -3.71. The molecule has 5 amide bonds. The van der Waals surface area contributed by atoms with Gasteiger partial charge in [-0.2, -0.15) is 0 Å². The second-order valence-corrected chi connectivity index (χ2v) is 5.70. The van der Waals surface area contributed by atoms with E-state index >= 15 is 0 Å². The summed E-state index contributed by atoms with van der Waals surface area (Å²) in [5.41, 5.74) is 15.4. The fourth-order valence-electron chi connectivity index (χ4n) is 1.83. The average molecular weight is 388 g/mol. The van der Waals surface area contributed by atoms with E-state index in [1.807, 2.05) is 5.32 Å². The summed E-state index contributed by atoms with van der Waals surface area (Å²) in [6.45, 7) is 0.636. The molecule has 0 aromatic carbocycles. The molecule has 13 nitrogen and oxygen atoms in total. The Hall–Kier alpha value is -3.22. The van der Waals surface area contributed by atoms with Crippen LogP contribution in [-0.2, 0) is 28.8 Å². The summed E-state index contributed by atoms with van der Waals surface area (Å²) in [4.78, 5) is 68.7. The second kappa shape index (κ2) is 11.4. The predicted octanol–water partition coefficient (Wildman–Crippen LogP) is -4.36. The minimum atomic E-state index is -1.41. The van der Waals surface area contributed by atoms with E-state index < -0.39 is 66.6 Å². The van der Waals surface area contributed by atoms with Gasteiger partial charge in [0.05, 0.1) is 12.5 Å². The van der Waals surface area contributed by atoms with Crippen LogP contribution in [0.5, 0.6) is 0 Å². The smallest absolute Gasteiger partial charge is 0.322 e. The van der Waals surface area contributed by atoms with E-state index in [9.17, 15) is 28.8 Å². The van der Waals surface area contributed by atoms with Crippen molar-refractivity contribution in [3.05, 3.63) is 0 Å². The zero-order chi connectivity index (χ0) is 21.1. The van der Waals surface area contributed by atoms with Crippen molar-refractivity contribution in [1.29, 1.82) is 0 Å². The third-order valence-corrected chi connectivity index (χ3v) is 3.18. The van der Waals surface area contributed by atoms with E-state index in [-0.39, 0.29) is 12.8 Å². The van der Waals surface area contributed by atoms with Gasteiger partial charge in [-0.15, -0.1) is 0 Å². The van der Waals surface area contributed by atoms with Crippen molar-refractivity contribution in [2.45, 2.75) is 44.3 Å². The summed E-state index contributed by atoms with van der Waals surface area (Å²) < 4.78 is 0. The maximum Gasteiger partial charge on any atom is 0.322 e. The minimum Gasteiger partial charge on any atom is -0.480 e. The molecular weight excluding hydrogens is 364 g/mol. The lowest BCUT2D eigenvalue weighted by atomic mass is 10.1. The number of nitrogens with two attached hydrogens (primary N) is 3. The molecule has 0 saturated carbocycles. The van der Waals surface area contributed by atoms with Gasteiger partial charge < -0.3 is 38.3 Å². The fraction of sp³-hybridized carbons (Fsp3) is 0.571. The highest BCUT2D eigenvalue weighted by molar-refractivity contribution is 5.95. The molecule has 0 heterocycles. The van der Waals surface area contributed by atoms with E-state index in [0.717, 1.165) is 0 Å². The Labute approximate surface area is 154 Å². The molecule has 0 saturated heterocycles. The van der Waals surface area contributed by atoms with Crippen LogP contribution in [-0.4, -0.2) is 65.3 Å². The molecule has 10 N–H and O–H groups in total. The monoisotopic (exact) mass is 388 g/mol. The Morgan fingerprint density at radius 3 is 1.89 bits per heavy atom. The fourth-order valence-corrected chi connectivity index (χ4v) is 1.83. The van der Waals surface area contributed by atoms with E-state index in [0.29, 0.717) is 0 Å². The molecule has 0 aromatic heterocycles. The third-order valence-electron chi connectivity index (χ3n) is 3.18. The molecule has 0 aliphatic heterocycles. The van der Waals surface area contributed by atoms with Gasteiger partial charge in [0, 0.05) is 6.42 Å². The molecule has 3 unspecified atom stereocenters. The average Bonchev–Trinajstić information content (AvgIpc) is 2.54. The zero-order valence-electron chi connectivity index (χ0n) is 14.7. The molecule has 0 aliphatic rings. The SMILES string of the molecule is CC(N)C(=O)NC(CC(N)=O)C(=O)NC(CCC(N)=O)C(=O)NCC(=O)O. The highest BCUT2D eigenvalue weighted by Gasteiger charge is 2.28. The number of carboxylic acids is 1. The van der Waals surface area contributed by atoms with Gasteiger partial charge in [0.25, 0.3) is 0 Å². The van der Waals surface area contributed by atoms with E-state index in [1.165, 1.54) is 6.92 Å². The maximum absolute atomic E-state index is 12.3. The second-order valence-electron chi connectivity index (χ2n) is 5.70. The molecule has 27 heavy (non-hydrogen) atoms. The van der Waals surface area contributed by atoms with Gasteiger partial charge in [-0.25, -0.2) is 0 Å². The van der Waals surface area contributed by atoms with Gasteiger partial charge in [-0.1, -0.05) is 0 Å². The highest BCUT2D eigenvalue weighted by Crippen LogP contribution is 2.01. The van der Waals surface area contributed by atoms with Gasteiger partial charge in [0.2, 0.25) is 29.5 Å². The lowest BCUT2D eigenvalue weighted by Crippen LogP contribution is -2.56. The highest BCUT2D eigenvalue weighted by atomic mass is 16.4. The van der Waals surface area contributed by atoms with Crippen molar-refractivity contribution in [3.63, 3.8) is 0 Å². The first-order valence-corrected chi connectivity index (χ1v) is 7.86. The summed E-state index contributed by atoms with van der Waals surface area (Å²) in [7, 11) is 0. The van der Waals surface area contributed by atoms with Crippen molar-refractivity contribution in [3.8, 4) is 0 Å². The molecule has 0 rings (SSSR count). The molecule has 13 heteroatoms. The number of carbonyl (C=O) groups excluding carboxylic acids is 5. The van der Waals surface area contributed by atoms with Crippen LogP contribution >= 0.6 is 0 Å². The molecule has 0 aromatic rings. The summed E-state index contributed by atoms with van der Waals surface area (Å²) in [6.07, 6.45) is -1.07. The molecule has 3 atom stereocenters. The zero-order valence-corrected chi connectivity index (χ0v) is 14.7. The van der Waals surface area contributed by atoms with Crippen LogP contribution in [0.25, 0.3) is 0 Å². The maximum atomic E-state index is 12.3. The Balaban J connectivity index is 5.22. The summed E-state index contributed by atoms with van der Waals surface area (Å²) in [5, 5.41) is 15.1. The first-order valence-electron chi connectivity index (χ1n) is 7.86. The van der Waals surface area contributed by atoms with Gasteiger partial charge in [0.1, 0.15) is 18.6 Å². The first kappa shape index (κ1) is 23.8. The molecule has 0 radical (unpaired) electrons. The topological polar surface area (TPSA) is 237 Å². The number of primary amides is 2. The standard InChI is InChI=1S/C14H24N6O7/c1-6(15)12(25)20-8(4-10(17)22)14(27)19-7(2-3-9(16)21)13(26)18-5-11(23)24/h6-8H,2-5,15H2,1H3,(H2,16,21)(H2,17,22)(H,18,26)(H,19,27)(H,20,25)(H,23,24). The Morgan fingerprint density at radius 1 is 0.889 bits per heavy atom. The predicted molar refractivity (Wildman–Crippen MR) is 90.4 cm³/mol. The first-order chi connectivity index (χ1) is 12.4. The van der Waals surface area contributed by atoms with Crippen LogP contribution in [0.4, 0.5) is 0 Å². The van der Waals surface area contributed by atoms with Crippen molar-refractivity contribution in [1.82, 2.24) is 16.0 Å². The van der Waals surface area contributed by atoms with Gasteiger partial charge in [0.15, 0.2) is 0 Å². The van der Waals surface area contributed by atoms with Crippen LogP contribution in [0, 0.1) is 0 Å². The largest absolute Gasteiger partial charge is 0.480 e. The minimum absolute atomic E-state index is 0.225. The van der Waals surface area contributed by atoms with E-state index in [1.54, 1.807) is 0 Å². The van der Waals surface area contributed by atoms with Crippen molar-refractivity contribution in [2.24, 2.45) is 17.2 Å². The van der Waals surface area contributed by atoms with Crippen molar-refractivity contribution in [2.75, 3.05) is 6.54 Å². The number of hydrogen-bond acceptors (Lipinski definition) is 7. The molecule has 0 fully saturated rings. The third kappa shape index (κ3) is 10.4. The number of carbonyl (C=O) groups is 6. The number of hydrogen-bond donors (Lipinski definition) is 7. The number of nitrogens with one attached hydrogen (secondary N) is 3. The number of carboxylic acid groups (broad SMARTS) is 1. The normalized spacial score (nSPS) is 13.6. The van der Waals surface area contributed by atoms with E-state index in [2.05, 4.69) is 10.6 Å². The molecular formula is C14H24N6O7. The molecule has 152 valence electrons. The Kier molecular flexibility index (Phi) is 10.0. The van der Waals surface area contributed by atoms with Crippen LogP contribution in [0.2, 0.25) is 0 Å². The number of aliphatic carboxylic acids is 1. The van der Waals surface area contributed by atoms with Gasteiger partial charge >= 0.3 is 5.97 Å². The summed E-state index contributed by atoms with van der Waals surface area (Å²) in [5.74, 6) is -5.53. The van der Waals surface area contributed by atoms with Gasteiger partial charge in [-0.05, 0) is 13.3 Å². The van der Waals surface area contributed by atoms with Crippen LogP contribution in [0.3, 0.4) is 0 Å². The Morgan fingerprint density at radius 2 is 1.44 bits per heavy atom. The van der Waals surface area contributed by atoms with Crippen molar-refractivity contribution >= 4 is 35.5 Å². The molecule has 0 spiro atoms. The number of amides is 5. The van der Waals surface area contributed by atoms with Crippen LogP contribution < -0.4 is 33.2 Å². The van der Waals surface area contributed by atoms with Gasteiger partial charge in [-0.3, -0.25) is 28.8 Å². The van der Waals surface area contributed by atoms with Crippen LogP contribution in [0.15, 0.2) is 0 Å². The lowest BCUT2D eigenvalue weighted by molar-refractivity contribution is -0.139. The molecule has 0 bridgehead atoms. The van der Waals surface area contributed by atoms with Crippen LogP contribution in [0.1, 0.15) is 26.2 Å². The quantitative estimate of drug-likeness (QED) is 0.172. The number of rotatable bonds is 12. The summed E-state index contributed by atoms with van der Waals surface area (Å²) >= 11 is 0.